The number of halogens is 1. The van der Waals surface area contributed by atoms with Crippen LogP contribution < -0.4 is 10.2 Å². The molecule has 2 rings (SSSR count). The maximum absolute atomic E-state index is 13.3. The SMILES string of the molecule is CNC1CC(C)CC(C)C1CN(C)c1cccc(F)c1. The van der Waals surface area contributed by atoms with Crippen molar-refractivity contribution in [3.05, 3.63) is 30.1 Å². The summed E-state index contributed by atoms with van der Waals surface area (Å²) in [5, 5.41) is 3.48. The van der Waals surface area contributed by atoms with Crippen molar-refractivity contribution < 1.29 is 4.39 Å². The Labute approximate surface area is 122 Å². The van der Waals surface area contributed by atoms with Crippen LogP contribution in [0.1, 0.15) is 26.7 Å². The third-order valence-electron chi connectivity index (χ3n) is 4.78. The van der Waals surface area contributed by atoms with Crippen molar-refractivity contribution in [2.45, 2.75) is 32.7 Å². The molecule has 1 N–H and O–H groups in total. The summed E-state index contributed by atoms with van der Waals surface area (Å²) in [4.78, 5) is 2.19. The third kappa shape index (κ3) is 3.51. The first-order chi connectivity index (χ1) is 9.51. The minimum absolute atomic E-state index is 0.162. The molecule has 3 heteroatoms. The number of nitrogens with one attached hydrogen (secondary N) is 1. The molecule has 1 aromatic rings. The first-order valence-corrected chi connectivity index (χ1v) is 7.65. The number of hydrogen-bond acceptors (Lipinski definition) is 2. The van der Waals surface area contributed by atoms with Gasteiger partial charge in [0, 0.05) is 25.3 Å². The van der Waals surface area contributed by atoms with Gasteiger partial charge in [0.05, 0.1) is 0 Å². The smallest absolute Gasteiger partial charge is 0.125 e. The van der Waals surface area contributed by atoms with E-state index in [1.807, 2.05) is 6.07 Å². The van der Waals surface area contributed by atoms with Gasteiger partial charge in [0.2, 0.25) is 0 Å². The summed E-state index contributed by atoms with van der Waals surface area (Å²) in [6.07, 6.45) is 2.53. The van der Waals surface area contributed by atoms with E-state index < -0.39 is 0 Å². The Morgan fingerprint density at radius 3 is 2.70 bits per heavy atom. The summed E-state index contributed by atoms with van der Waals surface area (Å²) < 4.78 is 13.3. The van der Waals surface area contributed by atoms with Crippen LogP contribution in [-0.4, -0.2) is 26.7 Å². The molecule has 112 valence electrons. The van der Waals surface area contributed by atoms with Gasteiger partial charge in [-0.1, -0.05) is 19.9 Å². The Hall–Kier alpha value is -1.09. The topological polar surface area (TPSA) is 15.3 Å². The van der Waals surface area contributed by atoms with Gasteiger partial charge in [-0.2, -0.15) is 0 Å². The van der Waals surface area contributed by atoms with Gasteiger partial charge in [-0.25, -0.2) is 4.39 Å². The van der Waals surface area contributed by atoms with E-state index in [-0.39, 0.29) is 5.82 Å². The summed E-state index contributed by atoms with van der Waals surface area (Å²) in [6.45, 7) is 5.67. The molecular formula is C17H27FN2. The van der Waals surface area contributed by atoms with E-state index in [0.717, 1.165) is 18.2 Å². The molecule has 0 saturated heterocycles. The second-order valence-electron chi connectivity index (χ2n) is 6.47. The van der Waals surface area contributed by atoms with Crippen molar-refractivity contribution in [3.8, 4) is 0 Å². The van der Waals surface area contributed by atoms with Gasteiger partial charge in [0.1, 0.15) is 5.82 Å². The first-order valence-electron chi connectivity index (χ1n) is 7.65. The maximum atomic E-state index is 13.3. The number of rotatable bonds is 4. The van der Waals surface area contributed by atoms with E-state index in [2.05, 4.69) is 38.2 Å². The van der Waals surface area contributed by atoms with E-state index in [9.17, 15) is 4.39 Å². The molecule has 1 fully saturated rings. The van der Waals surface area contributed by atoms with E-state index in [4.69, 9.17) is 0 Å². The fourth-order valence-corrected chi connectivity index (χ4v) is 3.68. The van der Waals surface area contributed by atoms with Crippen LogP contribution in [0.3, 0.4) is 0 Å². The fourth-order valence-electron chi connectivity index (χ4n) is 3.68. The summed E-state index contributed by atoms with van der Waals surface area (Å²) in [7, 11) is 4.12. The van der Waals surface area contributed by atoms with Gasteiger partial charge in [-0.15, -0.1) is 0 Å². The lowest BCUT2D eigenvalue weighted by Crippen LogP contribution is -2.47. The number of anilines is 1. The maximum Gasteiger partial charge on any atom is 0.125 e. The van der Waals surface area contributed by atoms with Gasteiger partial charge < -0.3 is 10.2 Å². The lowest BCUT2D eigenvalue weighted by atomic mass is 9.72. The van der Waals surface area contributed by atoms with Crippen molar-refractivity contribution in [1.82, 2.24) is 5.32 Å². The molecule has 4 atom stereocenters. The molecule has 0 bridgehead atoms. The lowest BCUT2D eigenvalue weighted by molar-refractivity contribution is 0.158. The van der Waals surface area contributed by atoms with Crippen molar-refractivity contribution in [3.63, 3.8) is 0 Å². The molecule has 1 aromatic carbocycles. The predicted octanol–water partition coefficient (Wildman–Crippen LogP) is 3.53. The summed E-state index contributed by atoms with van der Waals surface area (Å²) in [6, 6.07) is 7.43. The van der Waals surface area contributed by atoms with E-state index >= 15 is 0 Å². The van der Waals surface area contributed by atoms with Gasteiger partial charge in [-0.05, 0) is 55.8 Å². The van der Waals surface area contributed by atoms with Crippen LogP contribution in [0.4, 0.5) is 10.1 Å². The molecule has 0 heterocycles. The molecule has 0 aromatic heterocycles. The van der Waals surface area contributed by atoms with Crippen LogP contribution in [-0.2, 0) is 0 Å². The molecule has 1 aliphatic carbocycles. The number of benzene rings is 1. The molecule has 0 radical (unpaired) electrons. The molecular weight excluding hydrogens is 251 g/mol. The van der Waals surface area contributed by atoms with Crippen LogP contribution in [0, 0.1) is 23.6 Å². The highest BCUT2D eigenvalue weighted by atomic mass is 19.1. The van der Waals surface area contributed by atoms with Crippen LogP contribution in [0.5, 0.6) is 0 Å². The number of nitrogens with zero attached hydrogens (tertiary/aromatic N) is 1. The molecule has 0 aliphatic heterocycles. The second-order valence-corrected chi connectivity index (χ2v) is 6.47. The van der Waals surface area contributed by atoms with Crippen molar-refractivity contribution >= 4 is 5.69 Å². The second kappa shape index (κ2) is 6.57. The highest BCUT2D eigenvalue weighted by molar-refractivity contribution is 5.45. The average molecular weight is 278 g/mol. The van der Waals surface area contributed by atoms with Crippen LogP contribution in [0.2, 0.25) is 0 Å². The predicted molar refractivity (Wildman–Crippen MR) is 83.6 cm³/mol. The van der Waals surface area contributed by atoms with Gasteiger partial charge >= 0.3 is 0 Å². The Balaban J connectivity index is 2.07. The van der Waals surface area contributed by atoms with Crippen molar-refractivity contribution in [2.75, 3.05) is 25.5 Å². The zero-order valence-electron chi connectivity index (χ0n) is 13.1. The Kier molecular flexibility index (Phi) is 5.03. The Morgan fingerprint density at radius 1 is 1.30 bits per heavy atom. The Morgan fingerprint density at radius 2 is 2.05 bits per heavy atom. The van der Waals surface area contributed by atoms with E-state index in [1.165, 1.54) is 18.9 Å². The summed E-state index contributed by atoms with van der Waals surface area (Å²) >= 11 is 0. The molecule has 0 spiro atoms. The highest BCUT2D eigenvalue weighted by Crippen LogP contribution is 2.34. The normalized spacial score (nSPS) is 30.2. The zero-order valence-corrected chi connectivity index (χ0v) is 13.1. The minimum atomic E-state index is -0.162. The van der Waals surface area contributed by atoms with Gasteiger partial charge in [0.15, 0.2) is 0 Å². The molecule has 4 unspecified atom stereocenters. The van der Waals surface area contributed by atoms with Gasteiger partial charge in [-0.3, -0.25) is 0 Å². The largest absolute Gasteiger partial charge is 0.374 e. The third-order valence-corrected chi connectivity index (χ3v) is 4.78. The fraction of sp³-hybridized carbons (Fsp3) is 0.647. The van der Waals surface area contributed by atoms with E-state index in [0.29, 0.717) is 17.9 Å². The first kappa shape index (κ1) is 15.3. The molecule has 0 amide bonds. The Bertz CT molecular complexity index is 435. The number of hydrogen-bond donors (Lipinski definition) is 1. The zero-order chi connectivity index (χ0) is 14.7. The molecule has 20 heavy (non-hydrogen) atoms. The van der Waals surface area contributed by atoms with Crippen molar-refractivity contribution in [1.29, 1.82) is 0 Å². The average Bonchev–Trinajstić information content (AvgIpc) is 2.41. The molecule has 2 nitrogen and oxygen atoms in total. The summed E-state index contributed by atoms with van der Waals surface area (Å²) in [5.41, 5.74) is 0.964. The van der Waals surface area contributed by atoms with E-state index in [1.54, 1.807) is 12.1 Å². The van der Waals surface area contributed by atoms with Gasteiger partial charge in [0.25, 0.3) is 0 Å². The van der Waals surface area contributed by atoms with Crippen LogP contribution >= 0.6 is 0 Å². The van der Waals surface area contributed by atoms with Crippen LogP contribution in [0.15, 0.2) is 24.3 Å². The monoisotopic (exact) mass is 278 g/mol. The summed E-state index contributed by atoms with van der Waals surface area (Å²) in [5.74, 6) is 1.94. The standard InChI is InChI=1S/C17H27FN2/c1-12-8-13(2)16(17(9-12)19-3)11-20(4)15-7-5-6-14(18)10-15/h5-7,10,12-13,16-17,19H,8-9,11H2,1-4H3. The van der Waals surface area contributed by atoms with Crippen molar-refractivity contribution in [2.24, 2.45) is 17.8 Å². The molecule has 1 saturated carbocycles. The molecule has 1 aliphatic rings. The highest BCUT2D eigenvalue weighted by Gasteiger charge is 2.33. The lowest BCUT2D eigenvalue weighted by Gasteiger charge is -2.41. The minimum Gasteiger partial charge on any atom is -0.374 e. The van der Waals surface area contributed by atoms with Crippen LogP contribution in [0.25, 0.3) is 0 Å². The quantitative estimate of drug-likeness (QED) is 0.906.